The molecule has 25 heavy (non-hydrogen) atoms. The van der Waals surface area contributed by atoms with Crippen LogP contribution >= 0.6 is 0 Å². The Morgan fingerprint density at radius 3 is 2.64 bits per heavy atom. The zero-order valence-electron chi connectivity index (χ0n) is 14.7. The van der Waals surface area contributed by atoms with Crippen LogP contribution in [0, 0.1) is 13.8 Å². The molecule has 1 atom stereocenters. The maximum atomic E-state index is 12.2. The lowest BCUT2D eigenvalue weighted by Crippen LogP contribution is -2.07. The maximum absolute atomic E-state index is 12.2. The van der Waals surface area contributed by atoms with Crippen molar-refractivity contribution in [3.05, 3.63) is 47.9 Å². The van der Waals surface area contributed by atoms with Crippen LogP contribution in [-0.4, -0.2) is 24.8 Å². The van der Waals surface area contributed by atoms with Crippen molar-refractivity contribution in [3.63, 3.8) is 0 Å². The summed E-state index contributed by atoms with van der Waals surface area (Å²) in [6.45, 7) is 4.93. The fraction of sp³-hybridized carbons (Fsp3) is 0.368. The van der Waals surface area contributed by atoms with Gasteiger partial charge in [0, 0.05) is 12.7 Å². The summed E-state index contributed by atoms with van der Waals surface area (Å²) in [5.41, 5.74) is 8.92. The van der Waals surface area contributed by atoms with Crippen LogP contribution in [0.1, 0.15) is 30.7 Å². The van der Waals surface area contributed by atoms with Crippen LogP contribution in [0.25, 0.3) is 11.0 Å². The van der Waals surface area contributed by atoms with E-state index in [-0.39, 0.29) is 0 Å². The van der Waals surface area contributed by atoms with Gasteiger partial charge in [-0.3, -0.25) is 0 Å². The molecule has 0 amide bonds. The van der Waals surface area contributed by atoms with Crippen LogP contribution in [0.4, 0.5) is 5.82 Å². The fourth-order valence-electron chi connectivity index (χ4n) is 3.08. The molecular formula is C19H24N4OS. The van der Waals surface area contributed by atoms with Crippen molar-refractivity contribution in [2.24, 2.45) is 0 Å². The van der Waals surface area contributed by atoms with Crippen molar-refractivity contribution in [2.45, 2.75) is 44.6 Å². The van der Waals surface area contributed by atoms with E-state index in [2.05, 4.69) is 14.5 Å². The van der Waals surface area contributed by atoms with Gasteiger partial charge in [-0.1, -0.05) is 18.2 Å². The Kier molecular flexibility index (Phi) is 5.60. The first-order valence-electron chi connectivity index (χ1n) is 8.59. The average molecular weight is 356 g/mol. The number of pyridine rings is 1. The van der Waals surface area contributed by atoms with Gasteiger partial charge in [-0.25, -0.2) is 9.97 Å². The Hall–Kier alpha value is -2.05. The molecule has 0 fully saturated rings. The number of nitrogen functional groups attached to an aromatic ring is 1. The molecule has 0 saturated carbocycles. The van der Waals surface area contributed by atoms with Crippen LogP contribution in [0.5, 0.6) is 0 Å². The molecule has 0 spiro atoms. The van der Waals surface area contributed by atoms with E-state index in [1.807, 2.05) is 44.2 Å². The van der Waals surface area contributed by atoms with Crippen molar-refractivity contribution in [1.29, 1.82) is 0 Å². The van der Waals surface area contributed by atoms with Gasteiger partial charge in [0.25, 0.3) is 0 Å². The molecule has 1 aromatic carbocycles. The number of aryl methyl sites for hydroxylation is 3. The molecule has 0 aliphatic carbocycles. The first-order chi connectivity index (χ1) is 12.1. The lowest BCUT2D eigenvalue weighted by molar-refractivity contribution is 0.577. The predicted molar refractivity (Wildman–Crippen MR) is 103 cm³/mol. The first-order valence-corrected chi connectivity index (χ1v) is 9.91. The summed E-state index contributed by atoms with van der Waals surface area (Å²) < 4.78 is 14.4. The highest BCUT2D eigenvalue weighted by atomic mass is 32.2. The van der Waals surface area contributed by atoms with Gasteiger partial charge in [-0.2, -0.15) is 0 Å². The monoisotopic (exact) mass is 356 g/mol. The SMILES string of the molecule is Cc1cnc(N)c2nc(C)n(CCCCC[S+]([O-])c3ccccc3)c12. The van der Waals surface area contributed by atoms with Gasteiger partial charge in [0.15, 0.2) is 10.7 Å². The Balaban J connectivity index is 1.55. The van der Waals surface area contributed by atoms with E-state index < -0.39 is 11.2 Å². The quantitative estimate of drug-likeness (QED) is 0.518. The van der Waals surface area contributed by atoms with Gasteiger partial charge < -0.3 is 14.9 Å². The highest BCUT2D eigenvalue weighted by Crippen LogP contribution is 2.24. The van der Waals surface area contributed by atoms with Gasteiger partial charge in [-0.05, 0) is 62.0 Å². The second kappa shape index (κ2) is 7.89. The lowest BCUT2D eigenvalue weighted by atomic mass is 10.2. The summed E-state index contributed by atoms with van der Waals surface area (Å²) in [6.07, 6.45) is 4.82. The summed E-state index contributed by atoms with van der Waals surface area (Å²) in [5, 5.41) is 0. The van der Waals surface area contributed by atoms with Gasteiger partial charge in [0.2, 0.25) is 0 Å². The average Bonchev–Trinajstić information content (AvgIpc) is 2.96. The molecule has 0 radical (unpaired) electrons. The standard InChI is InChI=1S/C19H24N4OS/c1-14-13-21-19(20)17-18(14)23(15(2)22-17)11-7-4-8-12-25(24)16-9-5-3-6-10-16/h3,5-6,9-10,13H,4,7-8,11-12H2,1-2H3,(H2,20,21). The topological polar surface area (TPSA) is 79.8 Å². The van der Waals surface area contributed by atoms with Crippen LogP contribution in [0.15, 0.2) is 41.4 Å². The zero-order chi connectivity index (χ0) is 17.8. The smallest absolute Gasteiger partial charge is 0.152 e. The molecule has 0 aliphatic heterocycles. The highest BCUT2D eigenvalue weighted by Gasteiger charge is 2.13. The minimum absolute atomic E-state index is 0.487. The van der Waals surface area contributed by atoms with Gasteiger partial charge in [-0.15, -0.1) is 0 Å². The fourth-order valence-corrected chi connectivity index (χ4v) is 4.24. The third-order valence-corrected chi connectivity index (χ3v) is 5.85. The number of fused-ring (bicyclic) bond motifs is 1. The van der Waals surface area contributed by atoms with E-state index in [9.17, 15) is 4.55 Å². The second-order valence-corrected chi connectivity index (χ2v) is 7.83. The van der Waals surface area contributed by atoms with Crippen molar-refractivity contribution >= 4 is 28.0 Å². The molecule has 2 heterocycles. The Bertz CT molecular complexity index is 848. The zero-order valence-corrected chi connectivity index (χ0v) is 15.6. The molecular weight excluding hydrogens is 332 g/mol. The summed E-state index contributed by atoms with van der Waals surface area (Å²) in [6, 6.07) is 9.67. The molecule has 1 unspecified atom stereocenters. The molecule has 132 valence electrons. The number of nitrogens with zero attached hydrogens (tertiary/aromatic N) is 3. The molecule has 2 aromatic heterocycles. The minimum atomic E-state index is -0.901. The molecule has 5 nitrogen and oxygen atoms in total. The van der Waals surface area contributed by atoms with Crippen molar-refractivity contribution in [3.8, 4) is 0 Å². The lowest BCUT2D eigenvalue weighted by Gasteiger charge is -2.11. The number of rotatable bonds is 7. The number of hydrogen-bond acceptors (Lipinski definition) is 4. The van der Waals surface area contributed by atoms with Crippen LogP contribution < -0.4 is 5.73 Å². The van der Waals surface area contributed by atoms with E-state index >= 15 is 0 Å². The number of anilines is 1. The number of unbranched alkanes of at least 4 members (excludes halogenated alkanes) is 2. The molecule has 3 aromatic rings. The number of imidazole rings is 1. The third kappa shape index (κ3) is 3.96. The van der Waals surface area contributed by atoms with Crippen LogP contribution in [0.3, 0.4) is 0 Å². The normalized spacial score (nSPS) is 12.6. The van der Waals surface area contributed by atoms with E-state index in [1.54, 1.807) is 6.20 Å². The molecule has 3 rings (SSSR count). The summed E-state index contributed by atoms with van der Waals surface area (Å²) in [5.74, 6) is 2.16. The molecule has 0 aliphatic rings. The number of hydrogen-bond donors (Lipinski definition) is 1. The van der Waals surface area contributed by atoms with Crippen LogP contribution in [0.2, 0.25) is 0 Å². The molecule has 0 bridgehead atoms. The first kappa shape index (κ1) is 17.8. The maximum Gasteiger partial charge on any atom is 0.152 e. The number of benzene rings is 1. The van der Waals surface area contributed by atoms with E-state index in [0.717, 1.165) is 53.1 Å². The number of nitrogens with two attached hydrogens (primary N) is 1. The van der Waals surface area contributed by atoms with Gasteiger partial charge >= 0.3 is 0 Å². The van der Waals surface area contributed by atoms with Crippen molar-refractivity contribution in [2.75, 3.05) is 11.5 Å². The Morgan fingerprint density at radius 2 is 1.88 bits per heavy atom. The van der Waals surface area contributed by atoms with E-state index in [0.29, 0.717) is 11.6 Å². The second-order valence-electron chi connectivity index (χ2n) is 6.26. The summed E-state index contributed by atoms with van der Waals surface area (Å²) in [4.78, 5) is 9.67. The van der Waals surface area contributed by atoms with E-state index in [4.69, 9.17) is 5.73 Å². The highest BCUT2D eigenvalue weighted by molar-refractivity contribution is 7.91. The third-order valence-electron chi connectivity index (χ3n) is 4.39. The number of aromatic nitrogens is 3. The molecule has 0 saturated heterocycles. The Morgan fingerprint density at radius 1 is 1.12 bits per heavy atom. The van der Waals surface area contributed by atoms with Crippen LogP contribution in [-0.2, 0) is 17.7 Å². The van der Waals surface area contributed by atoms with E-state index in [1.165, 1.54) is 0 Å². The minimum Gasteiger partial charge on any atom is -0.611 e. The largest absolute Gasteiger partial charge is 0.611 e. The van der Waals surface area contributed by atoms with Gasteiger partial charge in [0.05, 0.1) is 5.52 Å². The van der Waals surface area contributed by atoms with Crippen molar-refractivity contribution < 1.29 is 4.55 Å². The summed E-state index contributed by atoms with van der Waals surface area (Å²) in [7, 11) is 0. The molecule has 6 heteroatoms. The summed E-state index contributed by atoms with van der Waals surface area (Å²) >= 11 is -0.901. The molecule has 2 N–H and O–H groups in total. The van der Waals surface area contributed by atoms with Crippen molar-refractivity contribution in [1.82, 2.24) is 14.5 Å². The Labute approximate surface area is 151 Å². The predicted octanol–water partition coefficient (Wildman–Crippen LogP) is 3.61. The van der Waals surface area contributed by atoms with Gasteiger partial charge in [0.1, 0.15) is 17.1 Å².